The monoisotopic (exact) mass is 515 g/mol. The van der Waals surface area contributed by atoms with Gasteiger partial charge in [0.15, 0.2) is 0 Å². The maximum absolute atomic E-state index is 13.1. The number of nitrogens with zero attached hydrogens (tertiary/aromatic N) is 2. The van der Waals surface area contributed by atoms with E-state index >= 15 is 0 Å². The summed E-state index contributed by atoms with van der Waals surface area (Å²) in [6.45, 7) is 3.65. The highest BCUT2D eigenvalue weighted by molar-refractivity contribution is 7.93. The van der Waals surface area contributed by atoms with Crippen LogP contribution in [0.15, 0.2) is 95.9 Å². The van der Waals surface area contributed by atoms with Gasteiger partial charge in [-0.3, -0.25) is 14.4 Å². The van der Waals surface area contributed by atoms with Gasteiger partial charge in [0, 0.05) is 49.4 Å². The highest BCUT2D eigenvalue weighted by atomic mass is 32.2. The van der Waals surface area contributed by atoms with Crippen molar-refractivity contribution in [3.63, 3.8) is 0 Å². The summed E-state index contributed by atoms with van der Waals surface area (Å²) in [4.78, 5) is 17.5. The molecule has 0 radical (unpaired) electrons. The van der Waals surface area contributed by atoms with Crippen LogP contribution >= 0.6 is 0 Å². The van der Waals surface area contributed by atoms with E-state index in [0.717, 1.165) is 30.8 Å². The Morgan fingerprint density at radius 2 is 1.57 bits per heavy atom. The number of amides is 1. The Morgan fingerprint density at radius 1 is 0.865 bits per heavy atom. The highest BCUT2D eigenvalue weighted by Gasteiger charge is 2.23. The van der Waals surface area contributed by atoms with Gasteiger partial charge in [-0.1, -0.05) is 48.5 Å². The summed E-state index contributed by atoms with van der Waals surface area (Å²) in [7, 11) is -2.13. The normalized spacial score (nSPS) is 14.5. The van der Waals surface area contributed by atoms with Gasteiger partial charge >= 0.3 is 0 Å². The minimum absolute atomic E-state index is 0.0514. The average Bonchev–Trinajstić information content (AvgIpc) is 2.93. The molecular formula is C29H29N3O4S. The number of hydrogen-bond donors (Lipinski definition) is 1. The van der Waals surface area contributed by atoms with E-state index in [4.69, 9.17) is 4.74 Å². The number of anilines is 1. The predicted octanol–water partition coefficient (Wildman–Crippen LogP) is 4.61. The van der Waals surface area contributed by atoms with Gasteiger partial charge in [0.25, 0.3) is 15.9 Å². The van der Waals surface area contributed by atoms with Crippen LogP contribution in [0.3, 0.4) is 0 Å². The zero-order valence-corrected chi connectivity index (χ0v) is 21.4. The molecule has 0 aliphatic carbocycles. The molecule has 1 fully saturated rings. The molecule has 37 heavy (non-hydrogen) atoms. The van der Waals surface area contributed by atoms with E-state index in [1.165, 1.54) is 5.56 Å². The van der Waals surface area contributed by atoms with E-state index < -0.39 is 10.0 Å². The quantitative estimate of drug-likeness (QED) is 0.389. The van der Waals surface area contributed by atoms with E-state index in [1.54, 1.807) is 49.6 Å². The minimum atomic E-state index is -3.79. The molecule has 0 atom stereocenters. The number of ether oxygens (including phenoxy) is 1. The van der Waals surface area contributed by atoms with Gasteiger partial charge in [-0.25, -0.2) is 8.42 Å². The molecule has 1 aliphatic heterocycles. The average molecular weight is 516 g/mol. The van der Waals surface area contributed by atoms with Crippen molar-refractivity contribution in [1.29, 1.82) is 0 Å². The maximum Gasteiger partial charge on any atom is 0.262 e. The molecule has 190 valence electrons. The number of sulfonamides is 1. The van der Waals surface area contributed by atoms with Crippen LogP contribution in [0.1, 0.15) is 15.9 Å². The van der Waals surface area contributed by atoms with Crippen LogP contribution in [0.5, 0.6) is 5.75 Å². The highest BCUT2D eigenvalue weighted by Crippen LogP contribution is 2.25. The first-order valence-electron chi connectivity index (χ1n) is 12.2. The molecule has 4 aromatic carbocycles. The van der Waals surface area contributed by atoms with Crippen molar-refractivity contribution in [2.24, 2.45) is 0 Å². The van der Waals surface area contributed by atoms with Crippen molar-refractivity contribution in [3.05, 3.63) is 102 Å². The Balaban J connectivity index is 1.20. The Morgan fingerprint density at radius 3 is 2.32 bits per heavy atom. The molecule has 1 amide bonds. The van der Waals surface area contributed by atoms with Crippen molar-refractivity contribution in [1.82, 2.24) is 9.80 Å². The number of hydrogen-bond acceptors (Lipinski definition) is 5. The van der Waals surface area contributed by atoms with Crippen molar-refractivity contribution in [2.45, 2.75) is 11.4 Å². The zero-order chi connectivity index (χ0) is 25.8. The minimum Gasteiger partial charge on any atom is -0.497 e. The number of piperazine rings is 1. The summed E-state index contributed by atoms with van der Waals surface area (Å²) in [5.74, 6) is 0.790. The third kappa shape index (κ3) is 5.60. The molecule has 5 rings (SSSR count). The van der Waals surface area contributed by atoms with Crippen molar-refractivity contribution in [3.8, 4) is 5.75 Å². The van der Waals surface area contributed by atoms with E-state index in [1.807, 2.05) is 47.4 Å². The predicted molar refractivity (Wildman–Crippen MR) is 145 cm³/mol. The molecule has 0 spiro atoms. The first kappa shape index (κ1) is 24.8. The van der Waals surface area contributed by atoms with E-state index in [-0.39, 0.29) is 10.8 Å². The molecule has 1 saturated heterocycles. The molecule has 0 bridgehead atoms. The van der Waals surface area contributed by atoms with Crippen LogP contribution in [0.4, 0.5) is 5.69 Å². The van der Waals surface area contributed by atoms with Crippen LogP contribution in [-0.4, -0.2) is 57.4 Å². The van der Waals surface area contributed by atoms with E-state index in [2.05, 4.69) is 15.7 Å². The molecule has 4 aromatic rings. The molecule has 0 aromatic heterocycles. The third-order valence-electron chi connectivity index (χ3n) is 6.62. The van der Waals surface area contributed by atoms with Crippen LogP contribution < -0.4 is 9.46 Å². The fraction of sp³-hybridized carbons (Fsp3) is 0.207. The second kappa shape index (κ2) is 10.6. The number of benzene rings is 4. The lowest BCUT2D eigenvalue weighted by Crippen LogP contribution is -2.48. The summed E-state index contributed by atoms with van der Waals surface area (Å²) >= 11 is 0. The van der Waals surface area contributed by atoms with E-state index in [9.17, 15) is 13.2 Å². The fourth-order valence-electron chi connectivity index (χ4n) is 4.64. The first-order chi connectivity index (χ1) is 17.9. The van der Waals surface area contributed by atoms with Gasteiger partial charge in [-0.2, -0.15) is 0 Å². The fourth-order valence-corrected chi connectivity index (χ4v) is 5.93. The van der Waals surface area contributed by atoms with Crippen LogP contribution in [0, 0.1) is 0 Å². The summed E-state index contributed by atoms with van der Waals surface area (Å²) in [6.07, 6.45) is 0. The molecule has 1 N–H and O–H groups in total. The lowest BCUT2D eigenvalue weighted by Gasteiger charge is -2.34. The smallest absolute Gasteiger partial charge is 0.262 e. The molecule has 1 heterocycles. The largest absolute Gasteiger partial charge is 0.497 e. The molecular weight excluding hydrogens is 486 g/mol. The van der Waals surface area contributed by atoms with Gasteiger partial charge in [-0.15, -0.1) is 0 Å². The Hall–Kier alpha value is -3.88. The molecule has 0 saturated carbocycles. The van der Waals surface area contributed by atoms with Crippen molar-refractivity contribution in [2.75, 3.05) is 38.0 Å². The van der Waals surface area contributed by atoms with Gasteiger partial charge in [0.1, 0.15) is 5.75 Å². The lowest BCUT2D eigenvalue weighted by atomic mass is 10.1. The number of fused-ring (bicyclic) bond motifs is 1. The van der Waals surface area contributed by atoms with Gasteiger partial charge in [-0.05, 0) is 53.4 Å². The van der Waals surface area contributed by atoms with Crippen molar-refractivity contribution >= 4 is 32.4 Å². The van der Waals surface area contributed by atoms with Gasteiger partial charge < -0.3 is 9.64 Å². The summed E-state index contributed by atoms with van der Waals surface area (Å²) < 4.78 is 34.1. The molecule has 8 heteroatoms. The topological polar surface area (TPSA) is 79.0 Å². The second-order valence-electron chi connectivity index (χ2n) is 9.08. The summed E-state index contributed by atoms with van der Waals surface area (Å²) in [5.41, 5.74) is 2.13. The molecule has 7 nitrogen and oxygen atoms in total. The first-order valence-corrected chi connectivity index (χ1v) is 13.7. The Kier molecular flexibility index (Phi) is 7.12. The lowest BCUT2D eigenvalue weighted by molar-refractivity contribution is 0.0628. The van der Waals surface area contributed by atoms with Gasteiger partial charge in [0.2, 0.25) is 0 Å². The number of nitrogens with one attached hydrogen (secondary N) is 1. The number of rotatable bonds is 7. The SMILES string of the molecule is COc1cccc(CN2CCN(C(=O)c3ccc(NS(=O)(=O)c4cccc5ccccc45)cc3)CC2)c1. The van der Waals surface area contributed by atoms with Gasteiger partial charge in [0.05, 0.1) is 12.0 Å². The third-order valence-corrected chi connectivity index (χ3v) is 8.06. The Labute approximate surface area is 217 Å². The second-order valence-corrected chi connectivity index (χ2v) is 10.7. The van der Waals surface area contributed by atoms with Crippen LogP contribution in [0.2, 0.25) is 0 Å². The van der Waals surface area contributed by atoms with E-state index in [0.29, 0.717) is 29.7 Å². The molecule has 0 unspecified atom stereocenters. The maximum atomic E-state index is 13.1. The zero-order valence-electron chi connectivity index (χ0n) is 20.6. The van der Waals surface area contributed by atoms with Crippen LogP contribution in [0.25, 0.3) is 10.8 Å². The number of carbonyl (C=O) groups is 1. The number of methoxy groups -OCH3 is 1. The summed E-state index contributed by atoms with van der Waals surface area (Å²) in [6, 6.07) is 27.2. The Bertz CT molecular complexity index is 1510. The molecule has 1 aliphatic rings. The van der Waals surface area contributed by atoms with Crippen molar-refractivity contribution < 1.29 is 17.9 Å². The number of carbonyl (C=O) groups excluding carboxylic acids is 1. The van der Waals surface area contributed by atoms with Crippen LogP contribution in [-0.2, 0) is 16.6 Å². The standard InChI is InChI=1S/C29H29N3O4S/c1-36-26-9-4-6-22(20-26)21-31-16-18-32(19-17-31)29(33)24-12-14-25(15-13-24)30-37(34,35)28-11-5-8-23-7-2-3-10-27(23)28/h2-15,20,30H,16-19,21H2,1H3. The summed E-state index contributed by atoms with van der Waals surface area (Å²) in [5, 5.41) is 1.52.